The molecule has 8 heteroatoms. The zero-order valence-electron chi connectivity index (χ0n) is 14.3. The maximum Gasteiger partial charge on any atom is 0.292 e. The molecule has 2 heterocycles. The minimum absolute atomic E-state index is 0.0449. The number of aromatic hydroxyl groups is 1. The second-order valence-corrected chi connectivity index (χ2v) is 5.94. The molecule has 0 aliphatic carbocycles. The molecule has 4 aromatic rings. The van der Waals surface area contributed by atoms with E-state index in [1.165, 1.54) is 4.57 Å². The summed E-state index contributed by atoms with van der Waals surface area (Å²) in [5.41, 5.74) is 0.0901. The van der Waals surface area contributed by atoms with Gasteiger partial charge in [0, 0.05) is 12.4 Å². The predicted octanol–water partition coefficient (Wildman–Crippen LogP) is 3.34. The number of fused-ring (bicyclic) bond motifs is 1. The summed E-state index contributed by atoms with van der Waals surface area (Å²) in [7, 11) is 1.60. The highest BCUT2D eigenvalue weighted by atomic mass is 16.3. The number of hydrogen-bond acceptors (Lipinski definition) is 5. The van der Waals surface area contributed by atoms with Crippen LogP contribution in [-0.2, 0) is 7.05 Å². The Morgan fingerprint density at radius 1 is 0.926 bits per heavy atom. The van der Waals surface area contributed by atoms with Crippen molar-refractivity contribution in [3.05, 3.63) is 75.3 Å². The van der Waals surface area contributed by atoms with E-state index in [2.05, 4.69) is 20.4 Å². The van der Waals surface area contributed by atoms with Crippen molar-refractivity contribution in [3.63, 3.8) is 0 Å². The van der Waals surface area contributed by atoms with Crippen LogP contribution >= 0.6 is 0 Å². The highest BCUT2D eigenvalue weighted by molar-refractivity contribution is 5.93. The number of aromatic nitrogens is 3. The van der Waals surface area contributed by atoms with Crippen LogP contribution in [0, 0.1) is 0 Å². The minimum atomic E-state index is -0.542. The SMILES string of the molecule is Cn1c(=O)c(-c2[nH][nH]c(=O)c2N=Nc2ccccc2)c(O)c2ccccc21. The monoisotopic (exact) mass is 361 g/mol. The fourth-order valence-corrected chi connectivity index (χ4v) is 2.93. The van der Waals surface area contributed by atoms with Gasteiger partial charge in [-0.1, -0.05) is 30.3 Å². The second kappa shape index (κ2) is 6.41. The molecule has 2 aromatic carbocycles. The Morgan fingerprint density at radius 3 is 2.41 bits per heavy atom. The largest absolute Gasteiger partial charge is 0.506 e. The summed E-state index contributed by atoms with van der Waals surface area (Å²) >= 11 is 0. The molecule has 3 N–H and O–H groups in total. The maximum absolute atomic E-state index is 12.8. The zero-order valence-corrected chi connectivity index (χ0v) is 14.3. The van der Waals surface area contributed by atoms with Gasteiger partial charge in [0.25, 0.3) is 11.1 Å². The van der Waals surface area contributed by atoms with Crippen molar-refractivity contribution in [2.45, 2.75) is 0 Å². The van der Waals surface area contributed by atoms with Crippen LogP contribution in [0.5, 0.6) is 5.75 Å². The summed E-state index contributed by atoms with van der Waals surface area (Å²) in [6.07, 6.45) is 0. The normalized spacial score (nSPS) is 11.4. The van der Waals surface area contributed by atoms with Crippen molar-refractivity contribution in [1.82, 2.24) is 14.8 Å². The Morgan fingerprint density at radius 2 is 1.63 bits per heavy atom. The van der Waals surface area contributed by atoms with Gasteiger partial charge in [0.05, 0.1) is 11.2 Å². The van der Waals surface area contributed by atoms with Crippen LogP contribution in [-0.4, -0.2) is 19.9 Å². The third-order valence-electron chi connectivity index (χ3n) is 4.30. The van der Waals surface area contributed by atoms with E-state index in [0.717, 1.165) is 0 Å². The molecule has 27 heavy (non-hydrogen) atoms. The number of H-pyrrole nitrogens is 2. The fraction of sp³-hybridized carbons (Fsp3) is 0.0526. The lowest BCUT2D eigenvalue weighted by molar-refractivity contribution is 0.481. The molecule has 0 radical (unpaired) electrons. The number of hydrogen-bond donors (Lipinski definition) is 3. The number of azo groups is 1. The Kier molecular flexibility index (Phi) is 3.92. The van der Waals surface area contributed by atoms with Gasteiger partial charge in [0.1, 0.15) is 17.0 Å². The Hall–Kier alpha value is -3.94. The number of benzene rings is 2. The van der Waals surface area contributed by atoms with Gasteiger partial charge in [-0.2, -0.15) is 5.11 Å². The van der Waals surface area contributed by atoms with Gasteiger partial charge in [0.2, 0.25) is 0 Å². The van der Waals surface area contributed by atoms with Crippen molar-refractivity contribution < 1.29 is 5.11 Å². The summed E-state index contributed by atoms with van der Waals surface area (Å²) in [4.78, 5) is 25.0. The van der Waals surface area contributed by atoms with Crippen molar-refractivity contribution in [3.8, 4) is 17.0 Å². The third-order valence-corrected chi connectivity index (χ3v) is 4.30. The summed E-state index contributed by atoms with van der Waals surface area (Å²) in [5.74, 6) is -0.222. The van der Waals surface area contributed by atoms with Crippen molar-refractivity contribution in [2.75, 3.05) is 0 Å². The van der Waals surface area contributed by atoms with E-state index >= 15 is 0 Å². The summed E-state index contributed by atoms with van der Waals surface area (Å²) < 4.78 is 1.41. The van der Waals surface area contributed by atoms with E-state index in [1.807, 2.05) is 6.07 Å². The molecule has 8 nitrogen and oxygen atoms in total. The van der Waals surface area contributed by atoms with Crippen LogP contribution in [0.4, 0.5) is 11.4 Å². The van der Waals surface area contributed by atoms with Crippen LogP contribution in [0.2, 0.25) is 0 Å². The van der Waals surface area contributed by atoms with Gasteiger partial charge >= 0.3 is 0 Å². The van der Waals surface area contributed by atoms with Gasteiger partial charge in [0.15, 0.2) is 5.69 Å². The van der Waals surface area contributed by atoms with Crippen LogP contribution in [0.1, 0.15) is 0 Å². The first kappa shape index (κ1) is 16.5. The van der Waals surface area contributed by atoms with E-state index in [1.54, 1.807) is 55.6 Å². The molecule has 0 bridgehead atoms. The number of nitrogens with one attached hydrogen (secondary N) is 2. The Balaban J connectivity index is 1.95. The van der Waals surface area contributed by atoms with Crippen molar-refractivity contribution in [2.24, 2.45) is 17.3 Å². The van der Waals surface area contributed by atoms with E-state index < -0.39 is 11.1 Å². The van der Waals surface area contributed by atoms with E-state index in [4.69, 9.17) is 0 Å². The van der Waals surface area contributed by atoms with Gasteiger partial charge in [-0.15, -0.1) is 5.11 Å². The lowest BCUT2D eigenvalue weighted by atomic mass is 10.1. The molecule has 0 aliphatic rings. The third kappa shape index (κ3) is 2.73. The molecule has 0 unspecified atom stereocenters. The average molecular weight is 361 g/mol. The lowest BCUT2D eigenvalue weighted by Gasteiger charge is -2.10. The van der Waals surface area contributed by atoms with Gasteiger partial charge in [-0.25, -0.2) is 0 Å². The van der Waals surface area contributed by atoms with Crippen molar-refractivity contribution in [1.29, 1.82) is 0 Å². The Bertz CT molecular complexity index is 1280. The molecule has 0 saturated heterocycles. The second-order valence-electron chi connectivity index (χ2n) is 5.94. The van der Waals surface area contributed by atoms with Gasteiger partial charge in [-0.05, 0) is 24.3 Å². The van der Waals surface area contributed by atoms with Crippen LogP contribution < -0.4 is 11.1 Å². The molecule has 0 fully saturated rings. The van der Waals surface area contributed by atoms with Gasteiger partial charge < -0.3 is 9.67 Å². The smallest absolute Gasteiger partial charge is 0.292 e. The number of pyridine rings is 1. The molecule has 0 amide bonds. The maximum atomic E-state index is 12.8. The summed E-state index contributed by atoms with van der Waals surface area (Å²) in [6.45, 7) is 0. The number of nitrogens with zero attached hydrogens (tertiary/aromatic N) is 3. The standard InChI is InChI=1S/C19H15N5O3/c1-24-13-10-6-5-9-12(13)17(25)14(19(24)27)15-16(18(26)23-21-15)22-20-11-7-3-2-4-8-11/h2-10,25H,1H3,(H2,21,23,26). The highest BCUT2D eigenvalue weighted by Gasteiger charge is 2.22. The average Bonchev–Trinajstić information content (AvgIpc) is 3.06. The first-order valence-corrected chi connectivity index (χ1v) is 8.16. The van der Waals surface area contributed by atoms with Crippen LogP contribution in [0.15, 0.2) is 74.4 Å². The topological polar surface area (TPSA) is 116 Å². The minimum Gasteiger partial charge on any atom is -0.506 e. The molecular formula is C19H15N5O3. The molecule has 0 saturated carbocycles. The van der Waals surface area contributed by atoms with E-state index in [9.17, 15) is 14.7 Å². The summed E-state index contributed by atoms with van der Waals surface area (Å²) in [6, 6.07) is 15.9. The molecule has 0 spiro atoms. The first-order valence-electron chi connectivity index (χ1n) is 8.16. The molecule has 0 atom stereocenters. The quantitative estimate of drug-likeness (QED) is 0.486. The number of aromatic amines is 2. The van der Waals surface area contributed by atoms with Crippen molar-refractivity contribution >= 4 is 22.3 Å². The van der Waals surface area contributed by atoms with Gasteiger partial charge in [-0.3, -0.25) is 19.8 Å². The van der Waals surface area contributed by atoms with Crippen LogP contribution in [0.25, 0.3) is 22.2 Å². The predicted molar refractivity (Wildman–Crippen MR) is 102 cm³/mol. The highest BCUT2D eigenvalue weighted by Crippen LogP contribution is 2.35. The van der Waals surface area contributed by atoms with E-state index in [-0.39, 0.29) is 22.7 Å². The first-order chi connectivity index (χ1) is 13.1. The molecular weight excluding hydrogens is 346 g/mol. The molecule has 134 valence electrons. The molecule has 4 rings (SSSR count). The number of rotatable bonds is 3. The van der Waals surface area contributed by atoms with E-state index in [0.29, 0.717) is 16.6 Å². The molecule has 2 aromatic heterocycles. The summed E-state index contributed by atoms with van der Waals surface area (Å²) in [5, 5.41) is 24.3. The molecule has 0 aliphatic heterocycles. The number of para-hydroxylation sites is 1. The Labute approximate surface area is 152 Å². The fourth-order valence-electron chi connectivity index (χ4n) is 2.93. The lowest BCUT2D eigenvalue weighted by Crippen LogP contribution is -2.19. The van der Waals surface area contributed by atoms with Crippen LogP contribution in [0.3, 0.4) is 0 Å². The number of aryl methyl sites for hydroxylation is 1. The zero-order chi connectivity index (χ0) is 19.0.